The molecule has 0 unspecified atom stereocenters. The predicted molar refractivity (Wildman–Crippen MR) is 75.9 cm³/mol. The lowest BCUT2D eigenvalue weighted by molar-refractivity contribution is 0.102. The van der Waals surface area contributed by atoms with Crippen LogP contribution in [0.4, 0.5) is 0 Å². The van der Waals surface area contributed by atoms with Gasteiger partial charge < -0.3 is 4.42 Å². The van der Waals surface area contributed by atoms with Gasteiger partial charge in [-0.3, -0.25) is 4.79 Å². The molecular formula is C16H12N2O2. The van der Waals surface area contributed by atoms with Crippen molar-refractivity contribution in [1.29, 1.82) is 0 Å². The van der Waals surface area contributed by atoms with Crippen LogP contribution >= 0.6 is 0 Å². The van der Waals surface area contributed by atoms with Crippen molar-refractivity contribution in [3.05, 3.63) is 78.5 Å². The fourth-order valence-electron chi connectivity index (χ4n) is 1.89. The zero-order valence-corrected chi connectivity index (χ0v) is 10.6. The molecule has 0 aliphatic heterocycles. The minimum Gasteiger partial charge on any atom is -0.461 e. The standard InChI is InChI=1S/C16H12N2O2/c19-16(15-8-4-11-20-15)14(18-10-5-9-17-18)12-13-6-2-1-3-7-13/h1-12H/b14-12-. The van der Waals surface area contributed by atoms with E-state index in [0.717, 1.165) is 5.56 Å². The summed E-state index contributed by atoms with van der Waals surface area (Å²) in [6, 6.07) is 14.7. The van der Waals surface area contributed by atoms with Crippen molar-refractivity contribution in [3.8, 4) is 0 Å². The van der Waals surface area contributed by atoms with Gasteiger partial charge in [0.1, 0.15) is 5.70 Å². The summed E-state index contributed by atoms with van der Waals surface area (Å²) >= 11 is 0. The van der Waals surface area contributed by atoms with Crippen LogP contribution in [0.15, 0.2) is 71.6 Å². The van der Waals surface area contributed by atoms with Crippen LogP contribution in [-0.2, 0) is 0 Å². The maximum absolute atomic E-state index is 12.5. The van der Waals surface area contributed by atoms with Gasteiger partial charge in [0.25, 0.3) is 0 Å². The number of hydrogen-bond acceptors (Lipinski definition) is 3. The molecule has 3 rings (SSSR count). The monoisotopic (exact) mass is 264 g/mol. The molecule has 98 valence electrons. The molecule has 0 aliphatic rings. The lowest BCUT2D eigenvalue weighted by atomic mass is 10.1. The molecule has 0 amide bonds. The molecule has 0 aliphatic carbocycles. The Morgan fingerprint density at radius 1 is 1.10 bits per heavy atom. The predicted octanol–water partition coefficient (Wildman–Crippen LogP) is 3.36. The Hall–Kier alpha value is -2.88. The number of Topliss-reactive ketones (excluding diaryl/α,β-unsaturated/α-hetero) is 1. The van der Waals surface area contributed by atoms with E-state index in [2.05, 4.69) is 5.10 Å². The van der Waals surface area contributed by atoms with E-state index in [9.17, 15) is 4.79 Å². The van der Waals surface area contributed by atoms with Gasteiger partial charge in [0.15, 0.2) is 5.76 Å². The number of ketones is 1. The lowest BCUT2D eigenvalue weighted by Gasteiger charge is -2.05. The van der Waals surface area contributed by atoms with E-state index in [4.69, 9.17) is 4.42 Å². The van der Waals surface area contributed by atoms with Crippen LogP contribution in [0.1, 0.15) is 16.1 Å². The fraction of sp³-hybridized carbons (Fsp3) is 0. The number of aromatic nitrogens is 2. The first-order chi connectivity index (χ1) is 9.84. The van der Waals surface area contributed by atoms with Crippen molar-refractivity contribution in [2.45, 2.75) is 0 Å². The third kappa shape index (κ3) is 2.44. The summed E-state index contributed by atoms with van der Waals surface area (Å²) in [5.74, 6) is 0.0882. The summed E-state index contributed by atoms with van der Waals surface area (Å²) < 4.78 is 6.72. The first kappa shape index (κ1) is 12.2. The van der Waals surface area contributed by atoms with Crippen molar-refractivity contribution >= 4 is 17.6 Å². The van der Waals surface area contributed by atoms with Crippen LogP contribution in [0.25, 0.3) is 11.8 Å². The van der Waals surface area contributed by atoms with Crippen molar-refractivity contribution in [2.75, 3.05) is 0 Å². The van der Waals surface area contributed by atoms with Gasteiger partial charge >= 0.3 is 0 Å². The highest BCUT2D eigenvalue weighted by Crippen LogP contribution is 2.17. The topological polar surface area (TPSA) is 48.0 Å². The molecule has 1 aromatic carbocycles. The maximum atomic E-state index is 12.5. The number of hydrogen-bond donors (Lipinski definition) is 0. The summed E-state index contributed by atoms with van der Waals surface area (Å²) in [5.41, 5.74) is 1.37. The molecule has 4 heteroatoms. The van der Waals surface area contributed by atoms with Crippen molar-refractivity contribution < 1.29 is 9.21 Å². The summed E-state index contributed by atoms with van der Waals surface area (Å²) in [5, 5.41) is 4.13. The molecule has 0 spiro atoms. The number of carbonyl (C=O) groups is 1. The van der Waals surface area contributed by atoms with Crippen LogP contribution in [0, 0.1) is 0 Å². The zero-order chi connectivity index (χ0) is 13.8. The maximum Gasteiger partial charge on any atom is 0.246 e. The van der Waals surface area contributed by atoms with Crippen LogP contribution < -0.4 is 0 Å². The molecule has 3 aromatic rings. The normalized spacial score (nSPS) is 11.5. The van der Waals surface area contributed by atoms with Gasteiger partial charge in [0, 0.05) is 12.4 Å². The van der Waals surface area contributed by atoms with Crippen molar-refractivity contribution in [1.82, 2.24) is 9.78 Å². The van der Waals surface area contributed by atoms with E-state index < -0.39 is 0 Å². The third-order valence-electron chi connectivity index (χ3n) is 2.83. The van der Waals surface area contributed by atoms with E-state index in [1.807, 2.05) is 30.3 Å². The van der Waals surface area contributed by atoms with Crippen LogP contribution in [0.2, 0.25) is 0 Å². The van der Waals surface area contributed by atoms with Crippen LogP contribution in [0.3, 0.4) is 0 Å². The minimum atomic E-state index is -0.206. The Labute approximate surface area is 116 Å². The Kier molecular flexibility index (Phi) is 3.29. The summed E-state index contributed by atoms with van der Waals surface area (Å²) in [7, 11) is 0. The Morgan fingerprint density at radius 2 is 1.95 bits per heavy atom. The zero-order valence-electron chi connectivity index (χ0n) is 10.6. The van der Waals surface area contributed by atoms with Crippen LogP contribution in [-0.4, -0.2) is 15.6 Å². The highest BCUT2D eigenvalue weighted by Gasteiger charge is 2.17. The quantitative estimate of drug-likeness (QED) is 0.536. The van der Waals surface area contributed by atoms with E-state index in [0.29, 0.717) is 11.5 Å². The molecule has 4 nitrogen and oxygen atoms in total. The second-order valence-corrected chi connectivity index (χ2v) is 4.20. The fourth-order valence-corrected chi connectivity index (χ4v) is 1.89. The van der Waals surface area contributed by atoms with Crippen molar-refractivity contribution in [2.24, 2.45) is 0 Å². The number of benzene rings is 1. The second kappa shape index (κ2) is 5.40. The SMILES string of the molecule is O=C(/C(=C/c1ccccc1)n1cccn1)c1ccco1. The number of allylic oxidation sites excluding steroid dienone is 1. The molecule has 0 saturated carbocycles. The highest BCUT2D eigenvalue weighted by molar-refractivity contribution is 6.26. The molecule has 0 radical (unpaired) electrons. The first-order valence-electron chi connectivity index (χ1n) is 6.19. The second-order valence-electron chi connectivity index (χ2n) is 4.20. The average molecular weight is 264 g/mol. The molecule has 0 N–H and O–H groups in total. The molecule has 0 fully saturated rings. The smallest absolute Gasteiger partial charge is 0.246 e. The molecule has 0 saturated heterocycles. The molecule has 20 heavy (non-hydrogen) atoms. The van der Waals surface area contributed by atoms with Gasteiger partial charge in [0.2, 0.25) is 5.78 Å². The van der Waals surface area contributed by atoms with Gasteiger partial charge in [-0.2, -0.15) is 5.10 Å². The van der Waals surface area contributed by atoms with Crippen LogP contribution in [0.5, 0.6) is 0 Å². The van der Waals surface area contributed by atoms with Crippen molar-refractivity contribution in [3.63, 3.8) is 0 Å². The molecule has 0 atom stereocenters. The number of rotatable bonds is 4. The first-order valence-corrected chi connectivity index (χ1v) is 6.19. The van der Waals surface area contributed by atoms with E-state index in [1.54, 1.807) is 36.7 Å². The lowest BCUT2D eigenvalue weighted by Crippen LogP contribution is -2.09. The number of furan rings is 1. The molecule has 2 heterocycles. The number of nitrogens with zero attached hydrogens (tertiary/aromatic N) is 2. The number of carbonyl (C=O) groups excluding carboxylic acids is 1. The summed E-state index contributed by atoms with van der Waals surface area (Å²) in [4.78, 5) is 12.5. The Balaban J connectivity index is 2.06. The minimum absolute atomic E-state index is 0.206. The highest BCUT2D eigenvalue weighted by atomic mass is 16.3. The summed E-state index contributed by atoms with van der Waals surface area (Å²) in [6.07, 6.45) is 6.64. The van der Waals surface area contributed by atoms with E-state index in [-0.39, 0.29) is 5.78 Å². The van der Waals surface area contributed by atoms with Gasteiger partial charge in [0.05, 0.1) is 6.26 Å². The van der Waals surface area contributed by atoms with Gasteiger partial charge in [-0.25, -0.2) is 4.68 Å². The average Bonchev–Trinajstić information content (AvgIpc) is 3.18. The third-order valence-corrected chi connectivity index (χ3v) is 2.83. The Morgan fingerprint density at radius 3 is 2.60 bits per heavy atom. The Bertz CT molecular complexity index is 711. The van der Waals surface area contributed by atoms with Gasteiger partial charge in [-0.05, 0) is 29.8 Å². The van der Waals surface area contributed by atoms with E-state index >= 15 is 0 Å². The molecular weight excluding hydrogens is 252 g/mol. The molecule has 2 aromatic heterocycles. The van der Waals surface area contributed by atoms with Gasteiger partial charge in [-0.15, -0.1) is 0 Å². The van der Waals surface area contributed by atoms with E-state index in [1.165, 1.54) is 10.9 Å². The summed E-state index contributed by atoms with van der Waals surface area (Å²) in [6.45, 7) is 0. The van der Waals surface area contributed by atoms with Gasteiger partial charge in [-0.1, -0.05) is 30.3 Å². The molecule has 0 bridgehead atoms. The largest absolute Gasteiger partial charge is 0.461 e.